The molecule has 0 radical (unpaired) electrons. The number of hydrogen-bond acceptors (Lipinski definition) is 3. The molecule has 6 nitrogen and oxygen atoms in total. The van der Waals surface area contributed by atoms with Crippen molar-refractivity contribution in [1.82, 2.24) is 15.1 Å². The van der Waals surface area contributed by atoms with Crippen LogP contribution in [0.4, 0.5) is 0 Å². The third-order valence-corrected chi connectivity index (χ3v) is 2.87. The first kappa shape index (κ1) is 15.2. The Morgan fingerprint density at radius 2 is 2.16 bits per heavy atom. The Kier molecular flexibility index (Phi) is 5.54. The highest BCUT2D eigenvalue weighted by Crippen LogP contribution is 2.14. The summed E-state index contributed by atoms with van der Waals surface area (Å²) in [5.41, 5.74) is 0.471. The van der Waals surface area contributed by atoms with E-state index in [4.69, 9.17) is 5.11 Å². The lowest BCUT2D eigenvalue weighted by molar-refractivity contribution is -0.138. The minimum absolute atomic E-state index is 0.0466. The second kappa shape index (κ2) is 6.92. The van der Waals surface area contributed by atoms with Crippen molar-refractivity contribution in [3.63, 3.8) is 0 Å². The van der Waals surface area contributed by atoms with E-state index in [1.54, 1.807) is 19.3 Å². The fourth-order valence-corrected chi connectivity index (χ4v) is 2.08. The molecule has 6 heteroatoms. The maximum Gasteiger partial charge on any atom is 0.303 e. The number of carboxylic acid groups (broad SMARTS) is 1. The van der Waals surface area contributed by atoms with E-state index in [-0.39, 0.29) is 18.2 Å². The zero-order valence-corrected chi connectivity index (χ0v) is 11.6. The second-order valence-corrected chi connectivity index (χ2v) is 5.14. The number of rotatable bonds is 7. The standard InChI is InChI=1S/C13H21N3O3/c1-9(2)6-10(7-12(17)18)8-14-13(19)11-4-5-15-16(11)3/h4-5,9-10H,6-8H2,1-3H3,(H,14,19)(H,17,18). The summed E-state index contributed by atoms with van der Waals surface area (Å²) in [5.74, 6) is -0.702. The normalized spacial score (nSPS) is 12.4. The molecule has 0 fully saturated rings. The molecule has 0 aliphatic heterocycles. The van der Waals surface area contributed by atoms with Crippen molar-refractivity contribution < 1.29 is 14.7 Å². The summed E-state index contributed by atoms with van der Waals surface area (Å²) in [5, 5.41) is 15.6. The van der Waals surface area contributed by atoms with E-state index in [0.717, 1.165) is 6.42 Å². The van der Waals surface area contributed by atoms with Crippen molar-refractivity contribution in [2.75, 3.05) is 6.54 Å². The van der Waals surface area contributed by atoms with E-state index >= 15 is 0 Å². The van der Waals surface area contributed by atoms with Crippen LogP contribution in [0, 0.1) is 11.8 Å². The molecule has 0 saturated carbocycles. The summed E-state index contributed by atoms with van der Waals surface area (Å²) in [6, 6.07) is 1.63. The topological polar surface area (TPSA) is 84.2 Å². The van der Waals surface area contributed by atoms with Gasteiger partial charge in [0.15, 0.2) is 0 Å². The van der Waals surface area contributed by atoms with Gasteiger partial charge in [0.2, 0.25) is 0 Å². The number of aryl methyl sites for hydroxylation is 1. The van der Waals surface area contributed by atoms with Gasteiger partial charge in [0.25, 0.3) is 5.91 Å². The maximum atomic E-state index is 11.9. The van der Waals surface area contributed by atoms with E-state index in [1.807, 2.05) is 13.8 Å². The first-order valence-corrected chi connectivity index (χ1v) is 6.38. The van der Waals surface area contributed by atoms with Gasteiger partial charge in [-0.3, -0.25) is 14.3 Å². The molecule has 0 bridgehead atoms. The van der Waals surface area contributed by atoms with Crippen molar-refractivity contribution in [3.8, 4) is 0 Å². The molecule has 19 heavy (non-hydrogen) atoms. The summed E-state index contributed by atoms with van der Waals surface area (Å²) in [4.78, 5) is 22.7. The molecule has 1 rings (SSSR count). The van der Waals surface area contributed by atoms with Gasteiger partial charge in [0.1, 0.15) is 5.69 Å². The van der Waals surface area contributed by atoms with Crippen LogP contribution in [0.3, 0.4) is 0 Å². The molecule has 0 spiro atoms. The molecule has 0 aliphatic carbocycles. The Morgan fingerprint density at radius 1 is 1.47 bits per heavy atom. The smallest absolute Gasteiger partial charge is 0.303 e. The van der Waals surface area contributed by atoms with E-state index < -0.39 is 5.97 Å². The predicted molar refractivity (Wildman–Crippen MR) is 70.7 cm³/mol. The predicted octanol–water partition coefficient (Wildman–Crippen LogP) is 1.29. The summed E-state index contributed by atoms with van der Waals surface area (Å²) in [6.07, 6.45) is 2.40. The molecule has 1 heterocycles. The fourth-order valence-electron chi connectivity index (χ4n) is 2.08. The Hall–Kier alpha value is -1.85. The van der Waals surface area contributed by atoms with E-state index in [2.05, 4.69) is 10.4 Å². The van der Waals surface area contributed by atoms with E-state index in [0.29, 0.717) is 18.2 Å². The third kappa shape index (κ3) is 5.11. The van der Waals surface area contributed by atoms with Gasteiger partial charge in [-0.1, -0.05) is 13.8 Å². The minimum atomic E-state index is -0.833. The lowest BCUT2D eigenvalue weighted by Crippen LogP contribution is -2.32. The van der Waals surface area contributed by atoms with Crippen molar-refractivity contribution in [2.45, 2.75) is 26.7 Å². The molecule has 1 amide bonds. The molecule has 0 aliphatic rings. The average Bonchev–Trinajstić information content (AvgIpc) is 2.70. The molecule has 1 aromatic rings. The van der Waals surface area contributed by atoms with Crippen LogP contribution in [-0.2, 0) is 11.8 Å². The Labute approximate surface area is 112 Å². The van der Waals surface area contributed by atoms with Crippen LogP contribution >= 0.6 is 0 Å². The quantitative estimate of drug-likeness (QED) is 0.779. The molecule has 2 N–H and O–H groups in total. The van der Waals surface area contributed by atoms with Crippen LogP contribution in [0.1, 0.15) is 37.2 Å². The van der Waals surface area contributed by atoms with Crippen LogP contribution < -0.4 is 5.32 Å². The van der Waals surface area contributed by atoms with Crippen molar-refractivity contribution >= 4 is 11.9 Å². The van der Waals surface area contributed by atoms with Crippen LogP contribution in [-0.4, -0.2) is 33.3 Å². The highest BCUT2D eigenvalue weighted by atomic mass is 16.4. The highest BCUT2D eigenvalue weighted by molar-refractivity contribution is 5.92. The van der Waals surface area contributed by atoms with Gasteiger partial charge in [0, 0.05) is 26.2 Å². The van der Waals surface area contributed by atoms with Gasteiger partial charge in [-0.2, -0.15) is 5.10 Å². The van der Waals surface area contributed by atoms with Crippen LogP contribution in [0.5, 0.6) is 0 Å². The summed E-state index contributed by atoms with van der Waals surface area (Å²) in [7, 11) is 1.69. The lowest BCUT2D eigenvalue weighted by atomic mass is 9.94. The molecule has 0 saturated heterocycles. The van der Waals surface area contributed by atoms with Gasteiger partial charge in [-0.25, -0.2) is 0 Å². The van der Waals surface area contributed by atoms with Gasteiger partial charge in [0.05, 0.1) is 0 Å². The Morgan fingerprint density at radius 3 is 2.63 bits per heavy atom. The highest BCUT2D eigenvalue weighted by Gasteiger charge is 2.17. The Bertz CT molecular complexity index is 440. The van der Waals surface area contributed by atoms with Gasteiger partial charge >= 0.3 is 5.97 Å². The van der Waals surface area contributed by atoms with Crippen LogP contribution in [0.2, 0.25) is 0 Å². The largest absolute Gasteiger partial charge is 0.481 e. The monoisotopic (exact) mass is 267 g/mol. The molecule has 1 unspecified atom stereocenters. The van der Waals surface area contributed by atoms with Crippen molar-refractivity contribution in [1.29, 1.82) is 0 Å². The van der Waals surface area contributed by atoms with Crippen molar-refractivity contribution in [3.05, 3.63) is 18.0 Å². The number of carboxylic acids is 1. The summed E-state index contributed by atoms with van der Waals surface area (Å²) < 4.78 is 1.49. The number of aliphatic carboxylic acids is 1. The fraction of sp³-hybridized carbons (Fsp3) is 0.615. The average molecular weight is 267 g/mol. The van der Waals surface area contributed by atoms with E-state index in [1.165, 1.54) is 4.68 Å². The molecular weight excluding hydrogens is 246 g/mol. The minimum Gasteiger partial charge on any atom is -0.481 e. The second-order valence-electron chi connectivity index (χ2n) is 5.14. The molecular formula is C13H21N3O3. The molecule has 1 aromatic heterocycles. The zero-order chi connectivity index (χ0) is 14.4. The van der Waals surface area contributed by atoms with Crippen molar-refractivity contribution in [2.24, 2.45) is 18.9 Å². The number of hydrogen-bond donors (Lipinski definition) is 2. The molecule has 106 valence electrons. The Balaban J connectivity index is 2.53. The van der Waals surface area contributed by atoms with Gasteiger partial charge < -0.3 is 10.4 Å². The van der Waals surface area contributed by atoms with E-state index in [9.17, 15) is 9.59 Å². The van der Waals surface area contributed by atoms with Gasteiger partial charge in [-0.15, -0.1) is 0 Å². The number of aromatic nitrogens is 2. The molecule has 1 atom stereocenters. The van der Waals surface area contributed by atoms with Gasteiger partial charge in [-0.05, 0) is 24.3 Å². The number of carbonyl (C=O) groups is 2. The number of carbonyl (C=O) groups excluding carboxylic acids is 1. The number of amides is 1. The zero-order valence-electron chi connectivity index (χ0n) is 11.6. The first-order valence-electron chi connectivity index (χ1n) is 6.38. The summed E-state index contributed by atoms with van der Waals surface area (Å²) >= 11 is 0. The SMILES string of the molecule is CC(C)CC(CNC(=O)c1ccnn1C)CC(=O)O. The summed E-state index contributed by atoms with van der Waals surface area (Å²) in [6.45, 7) is 4.45. The van der Waals surface area contributed by atoms with Crippen LogP contribution in [0.15, 0.2) is 12.3 Å². The number of nitrogens with zero attached hydrogens (tertiary/aromatic N) is 2. The third-order valence-electron chi connectivity index (χ3n) is 2.87. The maximum absolute atomic E-state index is 11.9. The van der Waals surface area contributed by atoms with Crippen LogP contribution in [0.25, 0.3) is 0 Å². The number of nitrogens with one attached hydrogen (secondary N) is 1. The lowest BCUT2D eigenvalue weighted by Gasteiger charge is -2.17. The first-order chi connectivity index (χ1) is 8.90. The molecule has 0 aromatic carbocycles.